The summed E-state index contributed by atoms with van der Waals surface area (Å²) in [5.74, 6) is 0. The van der Waals surface area contributed by atoms with Crippen molar-refractivity contribution in [3.63, 3.8) is 0 Å². The molecule has 2 aromatic rings. The number of rotatable bonds is 1. The van der Waals surface area contributed by atoms with Crippen molar-refractivity contribution in [1.29, 1.82) is 0 Å². The van der Waals surface area contributed by atoms with Crippen molar-refractivity contribution in [3.8, 4) is 0 Å². The van der Waals surface area contributed by atoms with Crippen LogP contribution in [-0.2, 0) is 32.3 Å². The normalized spacial score (nSPS) is 14.3. The van der Waals surface area contributed by atoms with E-state index in [-0.39, 0.29) is 6.61 Å². The average molecular weight is 238 g/mol. The van der Waals surface area contributed by atoms with E-state index in [4.69, 9.17) is 0 Å². The van der Waals surface area contributed by atoms with Crippen LogP contribution >= 0.6 is 0 Å². The standard InChI is InChI=1S/C17H18O/c18-12-17-15-5-2-6-16(17)10-8-14-4-1-3-13(11-14)7-9-15/h1-6,11,18H,7-10,12H2. The average Bonchev–Trinajstić information content (AvgIpc) is 2.42. The zero-order valence-electron chi connectivity index (χ0n) is 10.5. The SMILES string of the molecule is OCc1c2cccc1CCc1cccc(c1)CC2. The zero-order chi connectivity index (χ0) is 12.4. The maximum absolute atomic E-state index is 9.60. The van der Waals surface area contributed by atoms with Gasteiger partial charge in [0.2, 0.25) is 0 Å². The Morgan fingerprint density at radius 2 is 1.33 bits per heavy atom. The van der Waals surface area contributed by atoms with Crippen LogP contribution in [0.5, 0.6) is 0 Å². The largest absolute Gasteiger partial charge is 0.392 e. The highest BCUT2D eigenvalue weighted by molar-refractivity contribution is 5.37. The Morgan fingerprint density at radius 1 is 0.778 bits per heavy atom. The topological polar surface area (TPSA) is 20.2 Å². The first-order chi connectivity index (χ1) is 8.86. The van der Waals surface area contributed by atoms with E-state index in [1.54, 1.807) is 0 Å². The van der Waals surface area contributed by atoms with Crippen molar-refractivity contribution in [2.24, 2.45) is 0 Å². The predicted molar refractivity (Wildman–Crippen MR) is 73.6 cm³/mol. The van der Waals surface area contributed by atoms with Gasteiger partial charge in [0, 0.05) is 0 Å². The summed E-state index contributed by atoms with van der Waals surface area (Å²) in [6, 6.07) is 15.3. The summed E-state index contributed by atoms with van der Waals surface area (Å²) in [7, 11) is 0. The van der Waals surface area contributed by atoms with Crippen LogP contribution in [0.1, 0.15) is 27.8 Å². The number of aliphatic hydroxyl groups excluding tert-OH is 1. The molecular formula is C17H18O. The van der Waals surface area contributed by atoms with Crippen LogP contribution in [0.4, 0.5) is 0 Å². The van der Waals surface area contributed by atoms with E-state index in [9.17, 15) is 5.11 Å². The molecule has 0 radical (unpaired) electrons. The third kappa shape index (κ3) is 2.19. The summed E-state index contributed by atoms with van der Waals surface area (Å²) < 4.78 is 0. The first-order valence-corrected chi connectivity index (χ1v) is 6.65. The second-order valence-corrected chi connectivity index (χ2v) is 5.03. The Kier molecular flexibility index (Phi) is 3.16. The highest BCUT2D eigenvalue weighted by Gasteiger charge is 2.10. The van der Waals surface area contributed by atoms with E-state index < -0.39 is 0 Å². The molecule has 0 aromatic heterocycles. The smallest absolute Gasteiger partial charge is 0.0687 e. The van der Waals surface area contributed by atoms with Gasteiger partial charge in [0.15, 0.2) is 0 Å². The molecule has 0 unspecified atom stereocenters. The fourth-order valence-electron chi connectivity index (χ4n) is 2.86. The molecule has 4 bridgehead atoms. The number of fused-ring (bicyclic) bond motifs is 4. The Hall–Kier alpha value is -1.60. The quantitative estimate of drug-likeness (QED) is 0.809. The second kappa shape index (κ2) is 4.95. The van der Waals surface area contributed by atoms with E-state index in [1.165, 1.54) is 22.3 Å². The number of hydrogen-bond acceptors (Lipinski definition) is 1. The van der Waals surface area contributed by atoms with E-state index in [1.807, 2.05) is 0 Å². The summed E-state index contributed by atoms with van der Waals surface area (Å²) in [5, 5.41) is 9.60. The van der Waals surface area contributed by atoms with E-state index in [2.05, 4.69) is 42.5 Å². The van der Waals surface area contributed by atoms with Crippen molar-refractivity contribution in [1.82, 2.24) is 0 Å². The first-order valence-electron chi connectivity index (χ1n) is 6.65. The van der Waals surface area contributed by atoms with Crippen molar-refractivity contribution < 1.29 is 5.11 Å². The van der Waals surface area contributed by atoms with Gasteiger partial charge in [0.1, 0.15) is 0 Å². The van der Waals surface area contributed by atoms with Gasteiger partial charge in [-0.2, -0.15) is 0 Å². The number of hydrogen-bond donors (Lipinski definition) is 1. The molecular weight excluding hydrogens is 220 g/mol. The fraction of sp³-hybridized carbons (Fsp3) is 0.294. The van der Waals surface area contributed by atoms with Gasteiger partial charge in [-0.3, -0.25) is 0 Å². The molecule has 1 N–H and O–H groups in total. The van der Waals surface area contributed by atoms with Crippen LogP contribution in [0.25, 0.3) is 0 Å². The molecule has 1 aliphatic rings. The molecule has 0 amide bonds. The van der Waals surface area contributed by atoms with E-state index in [0.29, 0.717) is 0 Å². The van der Waals surface area contributed by atoms with Crippen molar-refractivity contribution in [2.75, 3.05) is 0 Å². The molecule has 0 saturated heterocycles. The minimum atomic E-state index is 0.166. The van der Waals surface area contributed by atoms with Crippen molar-refractivity contribution in [2.45, 2.75) is 32.3 Å². The van der Waals surface area contributed by atoms with Gasteiger partial charge in [-0.25, -0.2) is 0 Å². The Morgan fingerprint density at radius 3 is 1.89 bits per heavy atom. The van der Waals surface area contributed by atoms with Crippen molar-refractivity contribution >= 4 is 0 Å². The maximum atomic E-state index is 9.60. The third-order valence-electron chi connectivity index (χ3n) is 3.89. The molecule has 0 fully saturated rings. The minimum Gasteiger partial charge on any atom is -0.392 e. The van der Waals surface area contributed by atoms with Crippen LogP contribution in [0.15, 0.2) is 42.5 Å². The van der Waals surface area contributed by atoms with E-state index in [0.717, 1.165) is 31.2 Å². The minimum absolute atomic E-state index is 0.166. The lowest BCUT2D eigenvalue weighted by molar-refractivity contribution is 0.279. The Balaban J connectivity index is 2.03. The summed E-state index contributed by atoms with van der Waals surface area (Å²) in [4.78, 5) is 0. The van der Waals surface area contributed by atoms with Crippen LogP contribution in [0.3, 0.4) is 0 Å². The molecule has 0 atom stereocenters. The molecule has 2 aromatic carbocycles. The van der Waals surface area contributed by atoms with Gasteiger partial charge >= 0.3 is 0 Å². The van der Waals surface area contributed by atoms with Gasteiger partial charge in [0.05, 0.1) is 6.61 Å². The number of aryl methyl sites for hydroxylation is 4. The zero-order valence-corrected chi connectivity index (χ0v) is 10.5. The van der Waals surface area contributed by atoms with E-state index >= 15 is 0 Å². The molecule has 0 spiro atoms. The lowest BCUT2D eigenvalue weighted by atomic mass is 9.90. The molecule has 0 saturated carbocycles. The Bertz CT molecular complexity index is 516. The summed E-state index contributed by atoms with van der Waals surface area (Å²) in [6.45, 7) is 0.166. The maximum Gasteiger partial charge on any atom is 0.0687 e. The molecule has 18 heavy (non-hydrogen) atoms. The second-order valence-electron chi connectivity index (χ2n) is 5.03. The summed E-state index contributed by atoms with van der Waals surface area (Å²) >= 11 is 0. The summed E-state index contributed by atoms with van der Waals surface area (Å²) in [5.41, 5.74) is 6.58. The number of aliphatic hydroxyl groups is 1. The monoisotopic (exact) mass is 238 g/mol. The highest BCUT2D eigenvalue weighted by Crippen LogP contribution is 2.21. The first kappa shape index (κ1) is 11.5. The van der Waals surface area contributed by atoms with Crippen LogP contribution in [-0.4, -0.2) is 5.11 Å². The molecule has 3 rings (SSSR count). The molecule has 0 aliphatic heterocycles. The van der Waals surface area contributed by atoms with Gasteiger partial charge in [-0.1, -0.05) is 42.5 Å². The molecule has 92 valence electrons. The molecule has 0 heterocycles. The third-order valence-corrected chi connectivity index (χ3v) is 3.89. The van der Waals surface area contributed by atoms with Gasteiger partial charge in [0.25, 0.3) is 0 Å². The lowest BCUT2D eigenvalue weighted by Crippen LogP contribution is -2.05. The van der Waals surface area contributed by atoms with Crippen LogP contribution in [0.2, 0.25) is 0 Å². The van der Waals surface area contributed by atoms with Gasteiger partial charge in [-0.05, 0) is 53.5 Å². The fourth-order valence-corrected chi connectivity index (χ4v) is 2.86. The van der Waals surface area contributed by atoms with Gasteiger partial charge in [-0.15, -0.1) is 0 Å². The summed E-state index contributed by atoms with van der Waals surface area (Å²) in [6.07, 6.45) is 4.16. The molecule has 1 heteroatoms. The number of benzene rings is 2. The molecule has 1 aliphatic carbocycles. The predicted octanol–water partition coefficient (Wildman–Crippen LogP) is 3.06. The van der Waals surface area contributed by atoms with Gasteiger partial charge < -0.3 is 5.11 Å². The van der Waals surface area contributed by atoms with Crippen molar-refractivity contribution in [3.05, 3.63) is 70.3 Å². The molecule has 1 nitrogen and oxygen atoms in total. The van der Waals surface area contributed by atoms with Crippen LogP contribution in [0, 0.1) is 0 Å². The lowest BCUT2D eigenvalue weighted by Gasteiger charge is -2.16. The Labute approximate surface area is 108 Å². The highest BCUT2D eigenvalue weighted by atomic mass is 16.3. The van der Waals surface area contributed by atoms with Crippen LogP contribution < -0.4 is 0 Å².